The summed E-state index contributed by atoms with van der Waals surface area (Å²) in [5, 5.41) is 9.98. The van der Waals surface area contributed by atoms with Crippen LogP contribution in [0.15, 0.2) is 42.5 Å². The Kier molecular flexibility index (Phi) is 6.09. The topological polar surface area (TPSA) is 71.6 Å². The van der Waals surface area contributed by atoms with E-state index in [0.717, 1.165) is 37.5 Å². The third-order valence-corrected chi connectivity index (χ3v) is 7.26. The Bertz CT molecular complexity index is 1090. The Balaban J connectivity index is 1.03. The van der Waals surface area contributed by atoms with E-state index in [4.69, 9.17) is 21.1 Å². The molecule has 6 rings (SSSR count). The van der Waals surface area contributed by atoms with Crippen LogP contribution in [-0.2, 0) is 11.0 Å². The van der Waals surface area contributed by atoms with E-state index in [2.05, 4.69) is 16.0 Å². The minimum absolute atomic E-state index is 0.0107. The summed E-state index contributed by atoms with van der Waals surface area (Å²) in [5.41, 5.74) is -0.888. The number of nitrogens with one attached hydrogen (secondary N) is 3. The predicted octanol–water partition coefficient (Wildman–Crippen LogP) is 3.88. The maximum Gasteiger partial charge on any atom is 0.416 e. The van der Waals surface area contributed by atoms with Gasteiger partial charge < -0.3 is 14.8 Å². The molecule has 6 nitrogen and oxygen atoms in total. The molecule has 1 aliphatic heterocycles. The molecule has 2 aromatic carbocycles. The number of hydrogen-bond donors (Lipinski definition) is 3. The van der Waals surface area contributed by atoms with E-state index in [9.17, 15) is 22.4 Å². The van der Waals surface area contributed by atoms with E-state index < -0.39 is 17.6 Å². The third kappa shape index (κ3) is 4.92. The first-order valence-electron chi connectivity index (χ1n) is 11.2. The first-order valence-corrected chi connectivity index (χ1v) is 11.6. The molecule has 35 heavy (non-hydrogen) atoms. The molecule has 3 aliphatic carbocycles. The Hall–Kier alpha value is -2.56. The van der Waals surface area contributed by atoms with Gasteiger partial charge in [-0.25, -0.2) is 4.39 Å². The van der Waals surface area contributed by atoms with Crippen molar-refractivity contribution in [3.63, 3.8) is 0 Å². The van der Waals surface area contributed by atoms with Gasteiger partial charge in [0.15, 0.2) is 6.61 Å². The molecule has 0 spiro atoms. The van der Waals surface area contributed by atoms with Crippen LogP contribution < -0.4 is 25.4 Å². The molecule has 3 N–H and O–H groups in total. The van der Waals surface area contributed by atoms with E-state index >= 15 is 0 Å². The lowest BCUT2D eigenvalue weighted by Gasteiger charge is -2.72. The van der Waals surface area contributed by atoms with Crippen molar-refractivity contribution in [3.8, 4) is 11.5 Å². The van der Waals surface area contributed by atoms with Crippen molar-refractivity contribution < 1.29 is 31.8 Å². The van der Waals surface area contributed by atoms with Gasteiger partial charge in [0.25, 0.3) is 5.91 Å². The highest BCUT2D eigenvalue weighted by molar-refractivity contribution is 6.30. The summed E-state index contributed by atoms with van der Waals surface area (Å²) >= 11 is 5.64. The van der Waals surface area contributed by atoms with Crippen molar-refractivity contribution in [1.82, 2.24) is 16.0 Å². The number of amides is 1. The van der Waals surface area contributed by atoms with Gasteiger partial charge in [-0.15, -0.1) is 0 Å². The average molecular weight is 514 g/mol. The molecule has 11 heteroatoms. The Morgan fingerprint density at radius 3 is 2.43 bits per heavy atom. The lowest BCUT2D eigenvalue weighted by molar-refractivity contribution is -0.183. The Labute approximate surface area is 204 Å². The fraction of sp³-hybridized carbons (Fsp3) is 0.458. The van der Waals surface area contributed by atoms with Gasteiger partial charge in [0.05, 0.1) is 22.8 Å². The SMILES string of the molecule is O=C(COc1ccc(Cl)c(F)c1)NC12CC(C3NCC(COc4ccc(C(F)(F)F)cc4)N3)(C1)C2. The molecular weight excluding hydrogens is 490 g/mol. The van der Waals surface area contributed by atoms with Crippen LogP contribution in [0.4, 0.5) is 17.6 Å². The van der Waals surface area contributed by atoms with Crippen molar-refractivity contribution in [2.45, 2.75) is 43.2 Å². The molecule has 1 amide bonds. The van der Waals surface area contributed by atoms with Crippen molar-refractivity contribution in [2.75, 3.05) is 19.8 Å². The highest BCUT2D eigenvalue weighted by Crippen LogP contribution is 2.68. The number of hydrogen-bond acceptors (Lipinski definition) is 5. The van der Waals surface area contributed by atoms with Crippen LogP contribution in [0.2, 0.25) is 5.02 Å². The molecule has 2 bridgehead atoms. The molecule has 2 aromatic rings. The molecule has 1 heterocycles. The van der Waals surface area contributed by atoms with Crippen molar-refractivity contribution in [1.29, 1.82) is 0 Å². The fourth-order valence-corrected chi connectivity index (χ4v) is 5.52. The van der Waals surface area contributed by atoms with E-state index in [-0.39, 0.29) is 46.4 Å². The first-order chi connectivity index (χ1) is 16.6. The van der Waals surface area contributed by atoms with E-state index in [1.165, 1.54) is 24.3 Å². The van der Waals surface area contributed by atoms with Crippen LogP contribution in [0.25, 0.3) is 0 Å². The number of alkyl halides is 3. The number of halogens is 5. The largest absolute Gasteiger partial charge is 0.492 e. The number of carbonyl (C=O) groups is 1. The molecule has 4 fully saturated rings. The summed E-state index contributed by atoms with van der Waals surface area (Å²) in [6.07, 6.45) is -1.79. The van der Waals surface area contributed by atoms with E-state index in [1.807, 2.05) is 0 Å². The van der Waals surface area contributed by atoms with Crippen LogP contribution in [0.5, 0.6) is 11.5 Å². The van der Waals surface area contributed by atoms with Gasteiger partial charge in [0, 0.05) is 23.6 Å². The van der Waals surface area contributed by atoms with Gasteiger partial charge in [-0.05, 0) is 55.7 Å². The van der Waals surface area contributed by atoms with Gasteiger partial charge in [0.2, 0.25) is 0 Å². The standard InChI is InChI=1S/C24H24ClF4N3O3/c25-18-6-5-17(7-19(18)26)35-10-20(33)32-23-11-22(12-23,13-23)21-30-8-15(31-21)9-34-16-3-1-14(2-4-16)24(27,28)29/h1-7,15,21,30-31H,8-13H2,(H,32,33). The van der Waals surface area contributed by atoms with E-state index in [0.29, 0.717) is 18.9 Å². The predicted molar refractivity (Wildman–Crippen MR) is 120 cm³/mol. The number of carbonyl (C=O) groups excluding carboxylic acids is 1. The minimum Gasteiger partial charge on any atom is -0.492 e. The van der Waals surface area contributed by atoms with Crippen LogP contribution >= 0.6 is 11.6 Å². The lowest BCUT2D eigenvalue weighted by Crippen LogP contribution is -2.80. The van der Waals surface area contributed by atoms with Crippen LogP contribution in [0, 0.1) is 11.2 Å². The molecule has 188 valence electrons. The van der Waals surface area contributed by atoms with Crippen molar-refractivity contribution in [2.24, 2.45) is 5.41 Å². The van der Waals surface area contributed by atoms with Crippen LogP contribution in [-0.4, -0.2) is 43.4 Å². The van der Waals surface area contributed by atoms with E-state index in [1.54, 1.807) is 0 Å². The second-order valence-electron chi connectivity index (χ2n) is 9.62. The molecular formula is C24H24ClF4N3O3. The van der Waals surface area contributed by atoms with Gasteiger partial charge in [-0.2, -0.15) is 13.2 Å². The summed E-state index contributed by atoms with van der Waals surface area (Å²) in [6.45, 7) is 0.798. The summed E-state index contributed by atoms with van der Waals surface area (Å²) in [7, 11) is 0. The van der Waals surface area contributed by atoms with Crippen LogP contribution in [0.3, 0.4) is 0 Å². The number of rotatable bonds is 8. The van der Waals surface area contributed by atoms with Crippen molar-refractivity contribution >= 4 is 17.5 Å². The van der Waals surface area contributed by atoms with Gasteiger partial charge in [-0.3, -0.25) is 15.4 Å². The minimum atomic E-state index is -4.37. The zero-order valence-electron chi connectivity index (χ0n) is 18.6. The monoisotopic (exact) mass is 513 g/mol. The highest BCUT2D eigenvalue weighted by atomic mass is 35.5. The van der Waals surface area contributed by atoms with Gasteiger partial charge >= 0.3 is 6.18 Å². The molecule has 4 aliphatic rings. The maximum atomic E-state index is 13.5. The fourth-order valence-electron chi connectivity index (χ4n) is 5.40. The lowest BCUT2D eigenvalue weighted by atomic mass is 9.38. The second-order valence-corrected chi connectivity index (χ2v) is 10.0. The molecule has 0 aromatic heterocycles. The van der Waals surface area contributed by atoms with Gasteiger partial charge in [0.1, 0.15) is 23.9 Å². The Morgan fingerprint density at radius 2 is 1.77 bits per heavy atom. The Morgan fingerprint density at radius 1 is 1.09 bits per heavy atom. The zero-order valence-corrected chi connectivity index (χ0v) is 19.3. The third-order valence-electron chi connectivity index (χ3n) is 6.95. The molecule has 3 saturated carbocycles. The summed E-state index contributed by atoms with van der Waals surface area (Å²) < 4.78 is 62.5. The quantitative estimate of drug-likeness (QED) is 0.467. The molecule has 0 radical (unpaired) electrons. The normalized spacial score (nSPS) is 29.2. The molecule has 1 saturated heterocycles. The summed E-state index contributed by atoms with van der Waals surface area (Å²) in [5.74, 6) is -0.242. The smallest absolute Gasteiger partial charge is 0.416 e. The number of ether oxygens (including phenoxy) is 2. The van der Waals surface area contributed by atoms with Crippen molar-refractivity contribution in [3.05, 3.63) is 58.9 Å². The average Bonchev–Trinajstić information content (AvgIpc) is 3.23. The highest BCUT2D eigenvalue weighted by Gasteiger charge is 2.71. The molecule has 2 atom stereocenters. The summed E-state index contributed by atoms with van der Waals surface area (Å²) in [4.78, 5) is 12.3. The summed E-state index contributed by atoms with van der Waals surface area (Å²) in [6, 6.07) is 8.70. The van der Waals surface area contributed by atoms with Gasteiger partial charge in [-0.1, -0.05) is 11.6 Å². The first kappa shape index (κ1) is 24.1. The number of benzene rings is 2. The zero-order chi connectivity index (χ0) is 24.8. The van der Waals surface area contributed by atoms with Crippen LogP contribution in [0.1, 0.15) is 24.8 Å². The molecule has 2 unspecified atom stereocenters. The second kappa shape index (κ2) is 8.83. The maximum absolute atomic E-state index is 13.5.